The lowest BCUT2D eigenvalue weighted by Crippen LogP contribution is -2.43. The Labute approximate surface area is 205 Å². The summed E-state index contributed by atoms with van der Waals surface area (Å²) in [4.78, 5) is 34.3. The van der Waals surface area contributed by atoms with Crippen LogP contribution in [0.5, 0.6) is 0 Å². The standard InChI is InChI=1S/C23H29BrF2N4O4/c1-21(2,3)17(22(4,5)34-20(32)33-19(27)31)18-28-12-13-10-14(24)11-15(16(13)29-18)30-8-6-23(25,26)7-9-30/h10-12,17H,6-9H2,1-5H3,(H2,27,31). The second kappa shape index (κ2) is 9.24. The fraction of sp³-hybridized carbons (Fsp3) is 0.565. The zero-order valence-corrected chi connectivity index (χ0v) is 21.4. The molecule has 186 valence electrons. The van der Waals surface area contributed by atoms with Crippen molar-refractivity contribution in [3.05, 3.63) is 28.6 Å². The second-order valence-electron chi connectivity index (χ2n) is 10.1. The van der Waals surface area contributed by atoms with Crippen LogP contribution >= 0.6 is 15.9 Å². The maximum absolute atomic E-state index is 13.8. The lowest BCUT2D eigenvalue weighted by molar-refractivity contribution is -0.0394. The predicted octanol–water partition coefficient (Wildman–Crippen LogP) is 5.77. The van der Waals surface area contributed by atoms with Gasteiger partial charge in [0.05, 0.1) is 17.1 Å². The third-order valence-electron chi connectivity index (χ3n) is 5.83. The first-order valence-electron chi connectivity index (χ1n) is 10.9. The van der Waals surface area contributed by atoms with E-state index in [4.69, 9.17) is 15.5 Å². The minimum Gasteiger partial charge on any atom is -0.427 e. The molecule has 1 aromatic heterocycles. The van der Waals surface area contributed by atoms with Crippen molar-refractivity contribution in [3.8, 4) is 0 Å². The zero-order valence-electron chi connectivity index (χ0n) is 19.8. The molecule has 1 saturated heterocycles. The molecule has 0 radical (unpaired) electrons. The van der Waals surface area contributed by atoms with Gasteiger partial charge in [0.25, 0.3) is 5.92 Å². The molecule has 0 bridgehead atoms. The fourth-order valence-electron chi connectivity index (χ4n) is 4.68. The van der Waals surface area contributed by atoms with Gasteiger partial charge in [-0.3, -0.25) is 0 Å². The number of ether oxygens (including phenoxy) is 2. The summed E-state index contributed by atoms with van der Waals surface area (Å²) in [5.74, 6) is -2.79. The number of anilines is 1. The van der Waals surface area contributed by atoms with Gasteiger partial charge in [0.1, 0.15) is 11.4 Å². The highest BCUT2D eigenvalue weighted by Gasteiger charge is 2.45. The van der Waals surface area contributed by atoms with Crippen LogP contribution in [0.25, 0.3) is 10.9 Å². The number of nitrogens with two attached hydrogens (primary N) is 1. The van der Waals surface area contributed by atoms with E-state index >= 15 is 0 Å². The average Bonchev–Trinajstić information content (AvgIpc) is 2.65. The van der Waals surface area contributed by atoms with Crippen molar-refractivity contribution < 1.29 is 27.8 Å². The van der Waals surface area contributed by atoms with Gasteiger partial charge in [-0.1, -0.05) is 36.7 Å². The Morgan fingerprint density at radius 3 is 2.35 bits per heavy atom. The van der Waals surface area contributed by atoms with Crippen molar-refractivity contribution >= 4 is 44.8 Å². The van der Waals surface area contributed by atoms with Gasteiger partial charge < -0.3 is 20.1 Å². The lowest BCUT2D eigenvalue weighted by atomic mass is 9.71. The Bertz CT molecular complexity index is 1090. The Balaban J connectivity index is 2.07. The predicted molar refractivity (Wildman–Crippen MR) is 127 cm³/mol. The molecule has 0 aliphatic carbocycles. The highest BCUT2D eigenvalue weighted by molar-refractivity contribution is 9.10. The number of rotatable bonds is 4. The quantitative estimate of drug-likeness (QED) is 0.386. The molecular formula is C23H29BrF2N4O4. The van der Waals surface area contributed by atoms with Crippen LogP contribution in [0.2, 0.25) is 0 Å². The third kappa shape index (κ3) is 5.92. The molecule has 8 nitrogen and oxygen atoms in total. The molecule has 1 aliphatic rings. The molecule has 11 heteroatoms. The smallest absolute Gasteiger partial charge is 0.427 e. The molecule has 1 unspecified atom stereocenters. The van der Waals surface area contributed by atoms with Gasteiger partial charge >= 0.3 is 12.2 Å². The number of hydrogen-bond donors (Lipinski definition) is 1. The topological polar surface area (TPSA) is 108 Å². The summed E-state index contributed by atoms with van der Waals surface area (Å²) in [5.41, 5.74) is 4.60. The molecule has 2 N–H and O–H groups in total. The Morgan fingerprint density at radius 1 is 1.18 bits per heavy atom. The summed E-state index contributed by atoms with van der Waals surface area (Å²) < 4.78 is 38.1. The first-order chi connectivity index (χ1) is 15.6. The van der Waals surface area contributed by atoms with Gasteiger partial charge in [0.2, 0.25) is 0 Å². The van der Waals surface area contributed by atoms with Crippen molar-refractivity contribution in [3.63, 3.8) is 0 Å². The SMILES string of the molecule is CC(C)(C)C(c1ncc2cc(Br)cc(N3CCC(F)(F)CC3)c2n1)C(C)(C)OC(=O)OC(N)=O. The molecule has 1 fully saturated rings. The summed E-state index contributed by atoms with van der Waals surface area (Å²) in [6.45, 7) is 9.60. The highest BCUT2D eigenvalue weighted by atomic mass is 79.9. The van der Waals surface area contributed by atoms with E-state index in [0.29, 0.717) is 11.3 Å². The van der Waals surface area contributed by atoms with Crippen molar-refractivity contribution in [2.45, 2.75) is 64.9 Å². The molecule has 0 saturated carbocycles. The zero-order chi connectivity index (χ0) is 25.5. The third-order valence-corrected chi connectivity index (χ3v) is 6.29. The molecule has 0 spiro atoms. The number of primary amides is 1. The van der Waals surface area contributed by atoms with E-state index in [1.165, 1.54) is 0 Å². The number of amides is 1. The summed E-state index contributed by atoms with van der Waals surface area (Å²) in [5, 5.41) is 0.741. The first kappa shape index (κ1) is 26.1. The number of carbonyl (C=O) groups is 2. The molecule has 1 aromatic carbocycles. The van der Waals surface area contributed by atoms with E-state index < -0.39 is 35.1 Å². The highest BCUT2D eigenvalue weighted by Crippen LogP contribution is 2.44. The normalized spacial score (nSPS) is 17.4. The molecule has 34 heavy (non-hydrogen) atoms. The minimum atomic E-state index is -2.67. The number of hydrogen-bond acceptors (Lipinski definition) is 7. The number of piperidine rings is 1. The van der Waals surface area contributed by atoms with E-state index in [9.17, 15) is 18.4 Å². The van der Waals surface area contributed by atoms with E-state index in [2.05, 4.69) is 25.7 Å². The fourth-order valence-corrected chi connectivity index (χ4v) is 5.14. The van der Waals surface area contributed by atoms with E-state index in [0.717, 1.165) is 15.5 Å². The molecular weight excluding hydrogens is 514 g/mol. The number of carbonyl (C=O) groups excluding carboxylic acids is 2. The van der Waals surface area contributed by atoms with Crippen LogP contribution in [0.1, 0.15) is 59.2 Å². The maximum Gasteiger partial charge on any atom is 0.517 e. The van der Waals surface area contributed by atoms with Crippen LogP contribution in [0.15, 0.2) is 22.8 Å². The van der Waals surface area contributed by atoms with Gasteiger partial charge in [-0.15, -0.1) is 0 Å². The number of fused-ring (bicyclic) bond motifs is 1. The van der Waals surface area contributed by atoms with E-state index in [-0.39, 0.29) is 25.9 Å². The van der Waals surface area contributed by atoms with Gasteiger partial charge in [-0.25, -0.2) is 28.3 Å². The van der Waals surface area contributed by atoms with E-state index in [1.807, 2.05) is 37.8 Å². The lowest BCUT2D eigenvalue weighted by Gasteiger charge is -2.40. The summed E-state index contributed by atoms with van der Waals surface area (Å²) in [6.07, 6.45) is -1.27. The van der Waals surface area contributed by atoms with Crippen LogP contribution in [0, 0.1) is 5.41 Å². The number of aromatic nitrogens is 2. The molecule has 1 amide bonds. The molecule has 3 rings (SSSR count). The molecule has 2 heterocycles. The van der Waals surface area contributed by atoms with Crippen molar-refractivity contribution in [2.24, 2.45) is 11.1 Å². The monoisotopic (exact) mass is 542 g/mol. The number of benzene rings is 1. The van der Waals surface area contributed by atoms with Gasteiger partial charge in [0, 0.05) is 42.0 Å². The Morgan fingerprint density at radius 2 is 1.79 bits per heavy atom. The largest absolute Gasteiger partial charge is 0.517 e. The van der Waals surface area contributed by atoms with Crippen LogP contribution in [0.4, 0.5) is 24.1 Å². The van der Waals surface area contributed by atoms with Gasteiger partial charge in [0.15, 0.2) is 0 Å². The van der Waals surface area contributed by atoms with Crippen LogP contribution < -0.4 is 10.6 Å². The Kier molecular flexibility index (Phi) is 7.08. The van der Waals surface area contributed by atoms with Crippen LogP contribution in [0.3, 0.4) is 0 Å². The summed E-state index contributed by atoms with van der Waals surface area (Å²) in [6, 6.07) is 3.72. The number of nitrogens with zero attached hydrogens (tertiary/aromatic N) is 3. The van der Waals surface area contributed by atoms with Crippen LogP contribution in [-0.2, 0) is 9.47 Å². The second-order valence-corrected chi connectivity index (χ2v) is 11.0. The minimum absolute atomic E-state index is 0.203. The van der Waals surface area contributed by atoms with Gasteiger partial charge in [-0.2, -0.15) is 0 Å². The van der Waals surface area contributed by atoms with Crippen molar-refractivity contribution in [2.75, 3.05) is 18.0 Å². The van der Waals surface area contributed by atoms with E-state index in [1.54, 1.807) is 20.0 Å². The summed E-state index contributed by atoms with van der Waals surface area (Å²) in [7, 11) is 0. The van der Waals surface area contributed by atoms with Gasteiger partial charge in [-0.05, 0) is 31.4 Å². The number of alkyl halides is 2. The van der Waals surface area contributed by atoms with Crippen molar-refractivity contribution in [1.29, 1.82) is 0 Å². The van der Waals surface area contributed by atoms with Crippen molar-refractivity contribution in [1.82, 2.24) is 9.97 Å². The van der Waals surface area contributed by atoms with Crippen LogP contribution in [-0.4, -0.2) is 46.8 Å². The first-order valence-corrected chi connectivity index (χ1v) is 11.7. The Hall–Kier alpha value is -2.56. The molecule has 1 atom stereocenters. The number of halogens is 3. The molecule has 1 aliphatic heterocycles. The molecule has 2 aromatic rings. The average molecular weight is 543 g/mol. The summed E-state index contributed by atoms with van der Waals surface area (Å²) >= 11 is 3.49. The maximum atomic E-state index is 13.8.